The first-order chi connectivity index (χ1) is 17.9. The van der Waals surface area contributed by atoms with Crippen LogP contribution in [0.1, 0.15) is 49.8 Å². The number of nitrogens with one attached hydrogen (secondary N) is 1. The van der Waals surface area contributed by atoms with E-state index in [0.29, 0.717) is 53.9 Å². The zero-order chi connectivity index (χ0) is 27.3. The van der Waals surface area contributed by atoms with Gasteiger partial charge in [-0.3, -0.25) is 9.10 Å². The molecule has 0 radical (unpaired) electrons. The standard InChI is InChI=1S/C27H29F3N2O5S/c1-3-26(4-2)14-17(20-9-8-18(27(28,29)30)13-24(20)37-26)12-25(33)31-22-6-5-7-23-21(22)10-11-38(34,35)32(23)15-19-16-36-19/h5-9,12-13,19H,3-4,10-11,14-16H2,1-2H3,(H,31,33)/b17-12+. The van der Waals surface area contributed by atoms with Crippen LogP contribution < -0.4 is 14.4 Å². The van der Waals surface area contributed by atoms with Crippen molar-refractivity contribution < 1.29 is 35.9 Å². The molecule has 0 saturated carbocycles. The number of carbonyl (C=O) groups excluding carboxylic acids is 1. The number of sulfonamides is 1. The summed E-state index contributed by atoms with van der Waals surface area (Å²) >= 11 is 0. The summed E-state index contributed by atoms with van der Waals surface area (Å²) in [6.45, 7) is 4.55. The number of carbonyl (C=O) groups is 1. The minimum Gasteiger partial charge on any atom is -0.486 e. The summed E-state index contributed by atoms with van der Waals surface area (Å²) in [5.74, 6) is -0.426. The normalized spacial score (nSPS) is 22.3. The highest BCUT2D eigenvalue weighted by molar-refractivity contribution is 7.92. The van der Waals surface area contributed by atoms with Crippen LogP contribution in [-0.4, -0.2) is 44.9 Å². The van der Waals surface area contributed by atoms with E-state index in [1.807, 2.05) is 13.8 Å². The van der Waals surface area contributed by atoms with Gasteiger partial charge in [-0.25, -0.2) is 8.42 Å². The number of amides is 1. The fourth-order valence-electron chi connectivity index (χ4n) is 5.11. The van der Waals surface area contributed by atoms with Gasteiger partial charge in [0.15, 0.2) is 0 Å². The molecule has 7 nitrogen and oxygen atoms in total. The van der Waals surface area contributed by atoms with Crippen LogP contribution in [0, 0.1) is 0 Å². The summed E-state index contributed by atoms with van der Waals surface area (Å²) in [5.41, 5.74) is 1.23. The fraction of sp³-hybridized carbons (Fsp3) is 0.444. The molecule has 3 aliphatic rings. The summed E-state index contributed by atoms with van der Waals surface area (Å²) in [5, 5.41) is 2.88. The van der Waals surface area contributed by atoms with Crippen LogP contribution in [0.4, 0.5) is 24.5 Å². The first kappa shape index (κ1) is 26.6. The van der Waals surface area contributed by atoms with E-state index < -0.39 is 33.3 Å². The molecule has 1 saturated heterocycles. The van der Waals surface area contributed by atoms with E-state index in [9.17, 15) is 26.4 Å². The maximum absolute atomic E-state index is 13.4. The molecule has 0 aliphatic carbocycles. The van der Waals surface area contributed by atoms with Gasteiger partial charge in [0, 0.05) is 29.3 Å². The van der Waals surface area contributed by atoms with E-state index >= 15 is 0 Å². The number of anilines is 2. The molecule has 38 heavy (non-hydrogen) atoms. The Kier molecular flexibility index (Phi) is 6.71. The van der Waals surface area contributed by atoms with Crippen LogP contribution in [0.5, 0.6) is 5.75 Å². The zero-order valence-electron chi connectivity index (χ0n) is 21.1. The number of benzene rings is 2. The topological polar surface area (TPSA) is 88.2 Å². The lowest BCUT2D eigenvalue weighted by atomic mass is 9.83. The highest BCUT2D eigenvalue weighted by Gasteiger charge is 2.39. The van der Waals surface area contributed by atoms with Crippen molar-refractivity contribution in [1.82, 2.24) is 0 Å². The number of nitrogens with zero attached hydrogens (tertiary/aromatic N) is 1. The first-order valence-corrected chi connectivity index (χ1v) is 14.2. The van der Waals surface area contributed by atoms with Crippen LogP contribution in [0.2, 0.25) is 0 Å². The number of fused-ring (bicyclic) bond motifs is 2. The monoisotopic (exact) mass is 550 g/mol. The maximum Gasteiger partial charge on any atom is 0.416 e. The van der Waals surface area contributed by atoms with E-state index in [2.05, 4.69) is 5.32 Å². The lowest BCUT2D eigenvalue weighted by Gasteiger charge is -2.39. The predicted octanol–water partition coefficient (Wildman–Crippen LogP) is 5.16. The molecular formula is C27H29F3N2O5S. The third kappa shape index (κ3) is 5.13. The van der Waals surface area contributed by atoms with Crippen molar-refractivity contribution in [3.63, 3.8) is 0 Å². The Morgan fingerprint density at radius 1 is 1.21 bits per heavy atom. The molecule has 1 fully saturated rings. The Balaban J connectivity index is 1.47. The molecule has 5 rings (SSSR count). The van der Waals surface area contributed by atoms with E-state index in [1.54, 1.807) is 18.2 Å². The Morgan fingerprint density at radius 2 is 1.95 bits per heavy atom. The van der Waals surface area contributed by atoms with Crippen LogP contribution in [0.25, 0.3) is 5.57 Å². The van der Waals surface area contributed by atoms with E-state index in [1.165, 1.54) is 16.4 Å². The smallest absolute Gasteiger partial charge is 0.416 e. The largest absolute Gasteiger partial charge is 0.486 e. The van der Waals surface area contributed by atoms with E-state index in [0.717, 1.165) is 12.1 Å². The number of halogens is 3. The highest BCUT2D eigenvalue weighted by Crippen LogP contribution is 2.45. The third-order valence-electron chi connectivity index (χ3n) is 7.48. The molecule has 11 heteroatoms. The van der Waals surface area contributed by atoms with Gasteiger partial charge in [-0.1, -0.05) is 26.0 Å². The molecular weight excluding hydrogens is 521 g/mol. The molecule has 0 spiro atoms. The second-order valence-corrected chi connectivity index (χ2v) is 11.9. The summed E-state index contributed by atoms with van der Waals surface area (Å²) in [6, 6.07) is 8.45. The van der Waals surface area contributed by atoms with Crippen LogP contribution >= 0.6 is 0 Å². The Bertz CT molecular complexity index is 1400. The minimum atomic E-state index is -4.52. The number of epoxide rings is 1. The maximum atomic E-state index is 13.4. The van der Waals surface area contributed by atoms with Crippen molar-refractivity contribution in [1.29, 1.82) is 0 Å². The lowest BCUT2D eigenvalue weighted by Crippen LogP contribution is -2.40. The average molecular weight is 551 g/mol. The number of hydrogen-bond donors (Lipinski definition) is 1. The summed E-state index contributed by atoms with van der Waals surface area (Å²) in [4.78, 5) is 13.2. The van der Waals surface area contributed by atoms with Crippen molar-refractivity contribution in [2.24, 2.45) is 0 Å². The summed E-state index contributed by atoms with van der Waals surface area (Å²) in [7, 11) is -3.49. The molecule has 3 heterocycles. The van der Waals surface area contributed by atoms with Gasteiger partial charge in [0.05, 0.1) is 36.3 Å². The predicted molar refractivity (Wildman–Crippen MR) is 138 cm³/mol. The Morgan fingerprint density at radius 3 is 2.61 bits per heavy atom. The van der Waals surface area contributed by atoms with Crippen LogP contribution in [0.15, 0.2) is 42.5 Å². The molecule has 0 bridgehead atoms. The van der Waals surface area contributed by atoms with Gasteiger partial charge in [0.25, 0.3) is 0 Å². The fourth-order valence-corrected chi connectivity index (χ4v) is 6.66. The molecule has 1 unspecified atom stereocenters. The minimum absolute atomic E-state index is 0.0809. The van der Waals surface area contributed by atoms with Crippen molar-refractivity contribution in [3.05, 3.63) is 59.2 Å². The van der Waals surface area contributed by atoms with Crippen molar-refractivity contribution in [2.45, 2.75) is 57.4 Å². The molecule has 3 aliphatic heterocycles. The first-order valence-electron chi connectivity index (χ1n) is 12.6. The third-order valence-corrected chi connectivity index (χ3v) is 9.22. The Labute approximate surface area is 219 Å². The zero-order valence-corrected chi connectivity index (χ0v) is 21.9. The molecule has 1 N–H and O–H groups in total. The lowest BCUT2D eigenvalue weighted by molar-refractivity contribution is -0.137. The van der Waals surface area contributed by atoms with Crippen LogP contribution in [-0.2, 0) is 32.2 Å². The van der Waals surface area contributed by atoms with Crippen molar-refractivity contribution in [3.8, 4) is 5.75 Å². The van der Waals surface area contributed by atoms with Gasteiger partial charge in [0.2, 0.25) is 15.9 Å². The summed E-state index contributed by atoms with van der Waals surface area (Å²) in [6.07, 6.45) is -1.52. The molecule has 1 atom stereocenters. The molecule has 204 valence electrons. The number of alkyl halides is 3. The van der Waals surface area contributed by atoms with Crippen molar-refractivity contribution >= 4 is 32.9 Å². The SMILES string of the molecule is CCC1(CC)C/C(=C\C(=O)Nc2cccc3c2CCS(=O)(=O)N3CC2CO2)c2ccc(C(F)(F)F)cc2O1. The molecule has 2 aromatic carbocycles. The average Bonchev–Trinajstić information content (AvgIpc) is 3.69. The van der Waals surface area contributed by atoms with Gasteiger partial charge >= 0.3 is 6.18 Å². The summed E-state index contributed by atoms with van der Waals surface area (Å²) < 4.78 is 78.2. The number of rotatable bonds is 6. The van der Waals surface area contributed by atoms with Crippen molar-refractivity contribution in [2.75, 3.05) is 28.5 Å². The van der Waals surface area contributed by atoms with E-state index in [4.69, 9.17) is 9.47 Å². The van der Waals surface area contributed by atoms with Gasteiger partial charge in [-0.15, -0.1) is 0 Å². The van der Waals surface area contributed by atoms with Gasteiger partial charge < -0.3 is 14.8 Å². The quantitative estimate of drug-likeness (QED) is 0.397. The highest BCUT2D eigenvalue weighted by atomic mass is 32.2. The van der Waals surface area contributed by atoms with Gasteiger partial charge in [-0.2, -0.15) is 13.2 Å². The second-order valence-electron chi connectivity index (χ2n) is 9.89. The van der Waals surface area contributed by atoms with Gasteiger partial charge in [-0.05, 0) is 49.1 Å². The van der Waals surface area contributed by atoms with Gasteiger partial charge in [0.1, 0.15) is 11.4 Å². The number of ether oxygens (including phenoxy) is 2. The Hall–Kier alpha value is -3.05. The van der Waals surface area contributed by atoms with Crippen LogP contribution in [0.3, 0.4) is 0 Å². The number of hydrogen-bond acceptors (Lipinski definition) is 5. The molecule has 0 aromatic heterocycles. The molecule has 1 amide bonds. The second kappa shape index (κ2) is 9.60. The molecule has 2 aromatic rings. The van der Waals surface area contributed by atoms with E-state index in [-0.39, 0.29) is 30.6 Å².